The maximum Gasteiger partial charge on any atom is 0.129 e. The second kappa shape index (κ2) is 3.05. The van der Waals surface area contributed by atoms with Crippen molar-refractivity contribution in [1.29, 1.82) is 0 Å². The van der Waals surface area contributed by atoms with Crippen molar-refractivity contribution in [3.05, 3.63) is 22.3 Å². The Bertz CT molecular complexity index is 295. The number of halogens is 1. The molecule has 0 unspecified atom stereocenters. The number of pyridine rings is 1. The van der Waals surface area contributed by atoms with Crippen LogP contribution >= 0.6 is 15.9 Å². The predicted molar refractivity (Wildman–Crippen MR) is 53.3 cm³/mol. The second-order valence-corrected chi connectivity index (χ2v) is 4.15. The van der Waals surface area contributed by atoms with E-state index in [0.717, 1.165) is 10.3 Å². The van der Waals surface area contributed by atoms with E-state index in [4.69, 9.17) is 0 Å². The van der Waals surface area contributed by atoms with Gasteiger partial charge in [0.2, 0.25) is 0 Å². The van der Waals surface area contributed by atoms with Crippen molar-refractivity contribution in [3.8, 4) is 0 Å². The summed E-state index contributed by atoms with van der Waals surface area (Å²) >= 11 is 3.39. The van der Waals surface area contributed by atoms with E-state index in [9.17, 15) is 0 Å². The maximum atomic E-state index is 4.30. The van der Waals surface area contributed by atoms with Crippen molar-refractivity contribution in [1.82, 2.24) is 4.98 Å². The second-order valence-electron chi connectivity index (χ2n) is 3.24. The Kier molecular flexibility index (Phi) is 2.05. The highest BCUT2D eigenvalue weighted by Crippen LogP contribution is 2.26. The van der Waals surface area contributed by atoms with E-state index in [0.29, 0.717) is 6.04 Å². The number of aryl methyl sites for hydroxylation is 1. The van der Waals surface area contributed by atoms with Gasteiger partial charge < -0.3 is 5.32 Å². The van der Waals surface area contributed by atoms with Crippen molar-refractivity contribution >= 4 is 21.7 Å². The minimum absolute atomic E-state index is 0.678. The summed E-state index contributed by atoms with van der Waals surface area (Å²) in [5.74, 6) is 1.03. The van der Waals surface area contributed by atoms with Gasteiger partial charge >= 0.3 is 0 Å². The molecular formula is C9H11BrN2. The van der Waals surface area contributed by atoms with Crippen molar-refractivity contribution in [3.63, 3.8) is 0 Å². The Labute approximate surface area is 80.5 Å². The lowest BCUT2D eigenvalue weighted by atomic mass is 10.3. The van der Waals surface area contributed by atoms with Crippen LogP contribution in [0.1, 0.15) is 18.4 Å². The van der Waals surface area contributed by atoms with E-state index >= 15 is 0 Å². The first-order valence-electron chi connectivity index (χ1n) is 4.14. The number of hydrogen-bond donors (Lipinski definition) is 1. The van der Waals surface area contributed by atoms with Crippen LogP contribution in [0.25, 0.3) is 0 Å². The van der Waals surface area contributed by atoms with Gasteiger partial charge in [-0.1, -0.05) is 0 Å². The average Bonchev–Trinajstić information content (AvgIpc) is 2.79. The Morgan fingerprint density at radius 1 is 1.58 bits per heavy atom. The number of rotatable bonds is 2. The molecule has 1 N–H and O–H groups in total. The zero-order valence-corrected chi connectivity index (χ0v) is 8.56. The van der Waals surface area contributed by atoms with Crippen LogP contribution < -0.4 is 5.32 Å². The lowest BCUT2D eigenvalue weighted by molar-refractivity contribution is 1.09. The molecule has 0 saturated heterocycles. The van der Waals surface area contributed by atoms with Crippen molar-refractivity contribution < 1.29 is 0 Å². The molecule has 1 saturated carbocycles. The van der Waals surface area contributed by atoms with Crippen LogP contribution in [0.3, 0.4) is 0 Å². The third-order valence-corrected chi connectivity index (χ3v) is 2.40. The van der Waals surface area contributed by atoms with Gasteiger partial charge in [0.15, 0.2) is 0 Å². The summed E-state index contributed by atoms with van der Waals surface area (Å²) < 4.78 is 1.04. The van der Waals surface area contributed by atoms with Gasteiger partial charge in [0.25, 0.3) is 0 Å². The van der Waals surface area contributed by atoms with Crippen LogP contribution in [-0.2, 0) is 0 Å². The lowest BCUT2D eigenvalue weighted by Crippen LogP contribution is -2.04. The fraction of sp³-hybridized carbons (Fsp3) is 0.444. The summed E-state index contributed by atoms with van der Waals surface area (Å²) in [7, 11) is 0. The fourth-order valence-electron chi connectivity index (χ4n) is 1.11. The topological polar surface area (TPSA) is 24.9 Å². The van der Waals surface area contributed by atoms with Gasteiger partial charge in [-0.05, 0) is 47.3 Å². The third kappa shape index (κ3) is 1.78. The smallest absolute Gasteiger partial charge is 0.129 e. The van der Waals surface area contributed by atoms with Crippen molar-refractivity contribution in [2.75, 3.05) is 5.32 Å². The molecule has 0 spiro atoms. The number of anilines is 1. The van der Waals surface area contributed by atoms with E-state index in [1.165, 1.54) is 18.4 Å². The SMILES string of the molecule is Cc1cc(Br)cnc1NC1CC1. The first-order valence-corrected chi connectivity index (χ1v) is 4.93. The van der Waals surface area contributed by atoms with Gasteiger partial charge in [-0.2, -0.15) is 0 Å². The third-order valence-electron chi connectivity index (χ3n) is 1.96. The quantitative estimate of drug-likeness (QED) is 0.840. The molecule has 2 rings (SSSR count). The van der Waals surface area contributed by atoms with Crippen LogP contribution in [0, 0.1) is 6.92 Å². The van der Waals surface area contributed by atoms with Gasteiger partial charge in [0.1, 0.15) is 5.82 Å². The number of nitrogens with zero attached hydrogens (tertiary/aromatic N) is 1. The van der Waals surface area contributed by atoms with Crippen LogP contribution in [-0.4, -0.2) is 11.0 Å². The van der Waals surface area contributed by atoms with Crippen molar-refractivity contribution in [2.45, 2.75) is 25.8 Å². The zero-order valence-electron chi connectivity index (χ0n) is 6.97. The van der Waals surface area contributed by atoms with Gasteiger partial charge in [-0.15, -0.1) is 0 Å². The molecule has 0 radical (unpaired) electrons. The molecule has 2 nitrogen and oxygen atoms in total. The van der Waals surface area contributed by atoms with Crippen LogP contribution in [0.4, 0.5) is 5.82 Å². The van der Waals surface area contributed by atoms with E-state index in [2.05, 4.69) is 39.2 Å². The standard InChI is InChI=1S/C9H11BrN2/c1-6-4-7(10)5-11-9(6)12-8-2-3-8/h4-5,8H,2-3H2,1H3,(H,11,12). The molecule has 0 atom stereocenters. The van der Waals surface area contributed by atoms with Gasteiger partial charge in [-0.3, -0.25) is 0 Å². The molecule has 1 fully saturated rings. The molecule has 64 valence electrons. The van der Waals surface area contributed by atoms with Crippen LogP contribution in [0.5, 0.6) is 0 Å². The highest BCUT2D eigenvalue weighted by Gasteiger charge is 2.21. The largest absolute Gasteiger partial charge is 0.367 e. The van der Waals surface area contributed by atoms with Crippen LogP contribution in [0.15, 0.2) is 16.7 Å². The minimum Gasteiger partial charge on any atom is -0.367 e. The molecule has 0 aliphatic heterocycles. The summed E-state index contributed by atoms with van der Waals surface area (Å²) in [6, 6.07) is 2.76. The van der Waals surface area contributed by atoms with E-state index in [1.54, 1.807) is 0 Å². The van der Waals surface area contributed by atoms with Gasteiger partial charge in [0.05, 0.1) is 0 Å². The molecule has 0 aromatic carbocycles. The molecule has 1 aliphatic carbocycles. The molecule has 1 aromatic rings. The highest BCUT2D eigenvalue weighted by molar-refractivity contribution is 9.10. The molecule has 1 aliphatic rings. The first-order chi connectivity index (χ1) is 5.75. The van der Waals surface area contributed by atoms with E-state index < -0.39 is 0 Å². The monoisotopic (exact) mass is 226 g/mol. The fourth-order valence-corrected chi connectivity index (χ4v) is 1.56. The Morgan fingerprint density at radius 2 is 2.33 bits per heavy atom. The molecule has 3 heteroatoms. The highest BCUT2D eigenvalue weighted by atomic mass is 79.9. The lowest BCUT2D eigenvalue weighted by Gasteiger charge is -2.06. The molecule has 0 bridgehead atoms. The average molecular weight is 227 g/mol. The Hall–Kier alpha value is -0.570. The predicted octanol–water partition coefficient (Wildman–Crippen LogP) is 2.73. The van der Waals surface area contributed by atoms with E-state index in [-0.39, 0.29) is 0 Å². The Balaban J connectivity index is 2.18. The first kappa shape index (κ1) is 8.05. The summed E-state index contributed by atoms with van der Waals surface area (Å²) in [6.45, 7) is 2.07. The molecular weight excluding hydrogens is 216 g/mol. The molecule has 1 heterocycles. The molecule has 12 heavy (non-hydrogen) atoms. The number of hydrogen-bond acceptors (Lipinski definition) is 2. The minimum atomic E-state index is 0.678. The number of aromatic nitrogens is 1. The normalized spacial score (nSPS) is 16.2. The maximum absolute atomic E-state index is 4.30. The van der Waals surface area contributed by atoms with Gasteiger partial charge in [-0.25, -0.2) is 4.98 Å². The van der Waals surface area contributed by atoms with Gasteiger partial charge in [0, 0.05) is 16.7 Å². The number of nitrogens with one attached hydrogen (secondary N) is 1. The van der Waals surface area contributed by atoms with Crippen LogP contribution in [0.2, 0.25) is 0 Å². The summed E-state index contributed by atoms with van der Waals surface area (Å²) in [5.41, 5.74) is 1.20. The molecule has 0 amide bonds. The summed E-state index contributed by atoms with van der Waals surface area (Å²) in [6.07, 6.45) is 4.41. The summed E-state index contributed by atoms with van der Waals surface area (Å²) in [4.78, 5) is 4.30. The molecule has 1 aromatic heterocycles. The Morgan fingerprint density at radius 3 is 2.92 bits per heavy atom. The van der Waals surface area contributed by atoms with E-state index in [1.807, 2.05) is 6.20 Å². The van der Waals surface area contributed by atoms with Crippen molar-refractivity contribution in [2.24, 2.45) is 0 Å². The summed E-state index contributed by atoms with van der Waals surface area (Å²) in [5, 5.41) is 3.38. The zero-order chi connectivity index (χ0) is 8.55.